The van der Waals surface area contributed by atoms with Crippen LogP contribution in [0.3, 0.4) is 0 Å². The molecule has 2 N–H and O–H groups in total. The van der Waals surface area contributed by atoms with Gasteiger partial charge in [0.1, 0.15) is 30.5 Å². The standard InChI is InChI=1S/C33H39N3O5/c1-23(2)18-29-32(38)34-19-31(41-24(3)37)27-14-16-28(17-15-27)40-22-30(33(39)35-29)36(20-25-10-6-4-7-11-25)21-26-12-8-5-9-13-26/h4-17,23,29-31H,18-22H2,1-3H3,(H,34,38)(H,35,39)/t29-,30-,31-/m0/s1. The Morgan fingerprint density at radius 2 is 1.49 bits per heavy atom. The van der Waals surface area contributed by atoms with Crippen LogP contribution in [0.1, 0.15) is 50.0 Å². The molecule has 2 amide bonds. The van der Waals surface area contributed by atoms with Crippen LogP contribution in [0, 0.1) is 5.92 Å². The van der Waals surface area contributed by atoms with Gasteiger partial charge in [-0.15, -0.1) is 0 Å². The summed E-state index contributed by atoms with van der Waals surface area (Å²) in [4.78, 5) is 41.3. The second-order valence-electron chi connectivity index (χ2n) is 10.8. The molecule has 2 bridgehead atoms. The Balaban J connectivity index is 1.70. The third-order valence-corrected chi connectivity index (χ3v) is 6.97. The predicted molar refractivity (Wildman–Crippen MR) is 157 cm³/mol. The summed E-state index contributed by atoms with van der Waals surface area (Å²) in [6, 6.07) is 25.7. The van der Waals surface area contributed by atoms with Crippen LogP contribution in [-0.4, -0.2) is 47.9 Å². The van der Waals surface area contributed by atoms with Crippen molar-refractivity contribution in [1.29, 1.82) is 0 Å². The summed E-state index contributed by atoms with van der Waals surface area (Å²) >= 11 is 0. The summed E-state index contributed by atoms with van der Waals surface area (Å²) < 4.78 is 11.7. The van der Waals surface area contributed by atoms with E-state index in [0.717, 1.165) is 16.7 Å². The molecule has 0 fully saturated rings. The number of hydrogen-bond acceptors (Lipinski definition) is 6. The van der Waals surface area contributed by atoms with E-state index in [9.17, 15) is 14.4 Å². The Labute approximate surface area is 242 Å². The van der Waals surface area contributed by atoms with Gasteiger partial charge in [-0.05, 0) is 41.2 Å². The molecule has 0 saturated carbocycles. The maximum atomic E-state index is 14.0. The van der Waals surface area contributed by atoms with Crippen LogP contribution in [0.5, 0.6) is 5.75 Å². The smallest absolute Gasteiger partial charge is 0.303 e. The van der Waals surface area contributed by atoms with Crippen molar-refractivity contribution in [2.45, 2.75) is 58.5 Å². The number of fused-ring (bicyclic) bond motifs is 11. The zero-order valence-corrected chi connectivity index (χ0v) is 23.9. The minimum Gasteiger partial charge on any atom is -0.491 e. The average molecular weight is 558 g/mol. The van der Waals surface area contributed by atoms with Crippen molar-refractivity contribution in [3.8, 4) is 5.75 Å². The molecule has 3 aromatic rings. The molecule has 0 aliphatic carbocycles. The van der Waals surface area contributed by atoms with E-state index in [4.69, 9.17) is 9.47 Å². The molecule has 3 atom stereocenters. The SMILES string of the molecule is CC(=O)O[C@H]1CNC(=O)[C@H](CC(C)C)NC(=O)[C@@H](N(Cc2ccccc2)Cc2ccccc2)COc2ccc1cc2. The van der Waals surface area contributed by atoms with Crippen molar-refractivity contribution in [3.05, 3.63) is 102 Å². The monoisotopic (exact) mass is 557 g/mol. The van der Waals surface area contributed by atoms with Gasteiger partial charge >= 0.3 is 5.97 Å². The van der Waals surface area contributed by atoms with Crippen molar-refractivity contribution in [3.63, 3.8) is 0 Å². The van der Waals surface area contributed by atoms with Gasteiger partial charge < -0.3 is 20.1 Å². The maximum absolute atomic E-state index is 14.0. The second-order valence-corrected chi connectivity index (χ2v) is 10.8. The molecule has 2 aliphatic rings. The topological polar surface area (TPSA) is 97.0 Å². The molecule has 5 rings (SSSR count). The number of carbonyl (C=O) groups excluding carboxylic acids is 3. The molecule has 0 unspecified atom stereocenters. The lowest BCUT2D eigenvalue weighted by molar-refractivity contribution is -0.147. The zero-order valence-electron chi connectivity index (χ0n) is 23.9. The van der Waals surface area contributed by atoms with Gasteiger partial charge in [0.25, 0.3) is 0 Å². The van der Waals surface area contributed by atoms with E-state index in [1.165, 1.54) is 6.92 Å². The normalized spacial score (nSPS) is 19.7. The summed E-state index contributed by atoms with van der Waals surface area (Å²) in [6.07, 6.45) is -0.210. The van der Waals surface area contributed by atoms with Crippen molar-refractivity contribution in [2.75, 3.05) is 13.2 Å². The van der Waals surface area contributed by atoms with Gasteiger partial charge in [0.15, 0.2) is 0 Å². The molecule has 0 radical (unpaired) electrons. The number of ether oxygens (including phenoxy) is 2. The largest absolute Gasteiger partial charge is 0.491 e. The number of benzene rings is 3. The summed E-state index contributed by atoms with van der Waals surface area (Å²) in [5, 5.41) is 5.92. The Morgan fingerprint density at radius 1 is 0.902 bits per heavy atom. The first-order valence-electron chi connectivity index (χ1n) is 14.1. The van der Waals surface area contributed by atoms with Gasteiger partial charge in [-0.3, -0.25) is 19.3 Å². The fourth-order valence-corrected chi connectivity index (χ4v) is 4.93. The number of amides is 2. The van der Waals surface area contributed by atoms with E-state index in [2.05, 4.69) is 15.5 Å². The Bertz CT molecular complexity index is 1240. The Morgan fingerprint density at radius 3 is 2.02 bits per heavy atom. The van der Waals surface area contributed by atoms with Crippen LogP contribution in [-0.2, 0) is 32.2 Å². The van der Waals surface area contributed by atoms with Crippen LogP contribution in [0.4, 0.5) is 0 Å². The Kier molecular flexibility index (Phi) is 10.5. The predicted octanol–water partition coefficient (Wildman–Crippen LogP) is 4.40. The van der Waals surface area contributed by atoms with Gasteiger partial charge in [0.05, 0.1) is 6.54 Å². The Hall–Kier alpha value is -4.17. The van der Waals surface area contributed by atoms with Crippen LogP contribution in [0.2, 0.25) is 0 Å². The van der Waals surface area contributed by atoms with E-state index in [1.54, 1.807) is 12.1 Å². The van der Waals surface area contributed by atoms with E-state index in [1.807, 2.05) is 86.6 Å². The van der Waals surface area contributed by atoms with Gasteiger partial charge in [0.2, 0.25) is 11.8 Å². The summed E-state index contributed by atoms with van der Waals surface area (Å²) in [5.41, 5.74) is 2.86. The summed E-state index contributed by atoms with van der Waals surface area (Å²) in [5.74, 6) is -0.316. The van der Waals surface area contributed by atoms with Gasteiger partial charge in [-0.2, -0.15) is 0 Å². The average Bonchev–Trinajstić information content (AvgIpc) is 2.95. The molecule has 0 saturated heterocycles. The van der Waals surface area contributed by atoms with Crippen LogP contribution >= 0.6 is 0 Å². The molecule has 2 heterocycles. The number of hydrogen-bond donors (Lipinski definition) is 2. The molecule has 2 aliphatic heterocycles. The lowest BCUT2D eigenvalue weighted by Crippen LogP contribution is -2.55. The number of carbonyl (C=O) groups is 3. The molecular formula is C33H39N3O5. The van der Waals surface area contributed by atoms with Crippen LogP contribution in [0.15, 0.2) is 84.9 Å². The molecule has 41 heavy (non-hydrogen) atoms. The molecular weight excluding hydrogens is 518 g/mol. The molecule has 0 spiro atoms. The fourth-order valence-electron chi connectivity index (χ4n) is 4.93. The van der Waals surface area contributed by atoms with Gasteiger partial charge in [-0.1, -0.05) is 86.6 Å². The lowest BCUT2D eigenvalue weighted by Gasteiger charge is -2.33. The van der Waals surface area contributed by atoms with E-state index in [0.29, 0.717) is 25.3 Å². The maximum Gasteiger partial charge on any atom is 0.303 e. The van der Waals surface area contributed by atoms with E-state index < -0.39 is 24.2 Å². The first-order chi connectivity index (χ1) is 19.8. The number of nitrogens with zero attached hydrogens (tertiary/aromatic N) is 1. The van der Waals surface area contributed by atoms with Crippen molar-refractivity contribution >= 4 is 17.8 Å². The van der Waals surface area contributed by atoms with Crippen LogP contribution in [0.25, 0.3) is 0 Å². The van der Waals surface area contributed by atoms with Crippen molar-refractivity contribution in [2.24, 2.45) is 5.92 Å². The highest BCUT2D eigenvalue weighted by molar-refractivity contribution is 5.90. The highest BCUT2D eigenvalue weighted by atomic mass is 16.5. The fraction of sp³-hybridized carbons (Fsp3) is 0.364. The number of nitrogens with one attached hydrogen (secondary N) is 2. The van der Waals surface area contributed by atoms with E-state index in [-0.39, 0.29) is 30.9 Å². The van der Waals surface area contributed by atoms with Gasteiger partial charge in [-0.25, -0.2) is 0 Å². The van der Waals surface area contributed by atoms with E-state index >= 15 is 0 Å². The number of esters is 1. The second kappa shape index (κ2) is 14.5. The van der Waals surface area contributed by atoms with Crippen LogP contribution < -0.4 is 15.4 Å². The minimum absolute atomic E-state index is 0.0776. The zero-order chi connectivity index (χ0) is 29.2. The molecule has 3 aromatic carbocycles. The first kappa shape index (κ1) is 29.8. The molecule has 216 valence electrons. The molecule has 8 heteroatoms. The molecule has 0 aromatic heterocycles. The third-order valence-electron chi connectivity index (χ3n) is 6.97. The van der Waals surface area contributed by atoms with Crippen molar-refractivity contribution < 1.29 is 23.9 Å². The van der Waals surface area contributed by atoms with Gasteiger partial charge in [0, 0.05) is 20.0 Å². The minimum atomic E-state index is -0.762. The number of rotatable bonds is 8. The highest BCUT2D eigenvalue weighted by Gasteiger charge is 2.32. The quantitative estimate of drug-likeness (QED) is 0.399. The molecule has 8 nitrogen and oxygen atoms in total. The van der Waals surface area contributed by atoms with Crippen molar-refractivity contribution in [1.82, 2.24) is 15.5 Å². The lowest BCUT2D eigenvalue weighted by atomic mass is 10.0. The summed E-state index contributed by atoms with van der Waals surface area (Å²) in [7, 11) is 0. The summed E-state index contributed by atoms with van der Waals surface area (Å²) in [6.45, 7) is 6.54. The third kappa shape index (κ3) is 8.91. The first-order valence-corrected chi connectivity index (χ1v) is 14.1. The highest BCUT2D eigenvalue weighted by Crippen LogP contribution is 2.23.